The predicted octanol–water partition coefficient (Wildman–Crippen LogP) is 3.10. The molecule has 0 aromatic heterocycles. The third-order valence-corrected chi connectivity index (χ3v) is 5.27. The molecule has 0 radical (unpaired) electrons. The predicted molar refractivity (Wildman–Crippen MR) is 108 cm³/mol. The molecule has 26 heavy (non-hydrogen) atoms. The summed E-state index contributed by atoms with van der Waals surface area (Å²) in [6.07, 6.45) is 1.09. The lowest BCUT2D eigenvalue weighted by molar-refractivity contribution is -0.117. The van der Waals surface area contributed by atoms with Gasteiger partial charge in [0.1, 0.15) is 0 Å². The lowest BCUT2D eigenvalue weighted by atomic mass is 10.1. The number of hydrogen-bond donors (Lipinski definition) is 1. The van der Waals surface area contributed by atoms with E-state index in [-0.39, 0.29) is 5.91 Å². The summed E-state index contributed by atoms with van der Waals surface area (Å²) in [7, 11) is 0. The highest BCUT2D eigenvalue weighted by Crippen LogP contribution is 2.18. The molecule has 3 rings (SSSR count). The minimum Gasteiger partial charge on any atom is -0.325 e. The van der Waals surface area contributed by atoms with Crippen LogP contribution in [0.1, 0.15) is 16.7 Å². The van der Waals surface area contributed by atoms with E-state index in [0.29, 0.717) is 6.54 Å². The molecule has 1 heterocycles. The van der Waals surface area contributed by atoms with Crippen LogP contribution < -0.4 is 5.32 Å². The number of carbonyl (C=O) groups excluding carboxylic acids is 1. The molecule has 2 aromatic carbocycles. The van der Waals surface area contributed by atoms with Gasteiger partial charge in [-0.25, -0.2) is 0 Å². The van der Waals surface area contributed by atoms with Crippen molar-refractivity contribution in [3.63, 3.8) is 0 Å². The second-order valence-corrected chi connectivity index (χ2v) is 7.15. The monoisotopic (exact) mass is 351 g/mol. The van der Waals surface area contributed by atoms with Crippen molar-refractivity contribution in [1.29, 1.82) is 0 Å². The van der Waals surface area contributed by atoms with Crippen molar-refractivity contribution in [2.24, 2.45) is 0 Å². The van der Waals surface area contributed by atoms with Crippen molar-refractivity contribution in [2.45, 2.75) is 20.3 Å². The zero-order chi connectivity index (χ0) is 18.4. The molecule has 1 saturated heterocycles. The maximum Gasteiger partial charge on any atom is 0.238 e. The quantitative estimate of drug-likeness (QED) is 0.869. The number of nitrogens with zero attached hydrogens (tertiary/aromatic N) is 2. The molecule has 0 aliphatic carbocycles. The molecule has 1 aliphatic heterocycles. The van der Waals surface area contributed by atoms with Crippen LogP contribution in [-0.4, -0.2) is 55.0 Å². The number of anilines is 1. The highest BCUT2D eigenvalue weighted by molar-refractivity contribution is 5.93. The van der Waals surface area contributed by atoms with Gasteiger partial charge in [-0.3, -0.25) is 9.69 Å². The van der Waals surface area contributed by atoms with Crippen LogP contribution in [0.25, 0.3) is 0 Å². The first kappa shape index (κ1) is 18.6. The molecule has 0 spiro atoms. The molecule has 4 nitrogen and oxygen atoms in total. The number of aryl methyl sites for hydroxylation is 1. The molecule has 1 fully saturated rings. The Balaban J connectivity index is 1.41. The van der Waals surface area contributed by atoms with Crippen LogP contribution in [0.5, 0.6) is 0 Å². The summed E-state index contributed by atoms with van der Waals surface area (Å²) in [5, 5.41) is 3.06. The minimum absolute atomic E-state index is 0.0800. The Kier molecular flexibility index (Phi) is 6.42. The molecule has 1 N–H and O–H groups in total. The first-order valence-corrected chi connectivity index (χ1v) is 9.46. The van der Waals surface area contributed by atoms with Crippen LogP contribution >= 0.6 is 0 Å². The van der Waals surface area contributed by atoms with Crippen LogP contribution in [0.2, 0.25) is 0 Å². The SMILES string of the molecule is Cc1cccc(NC(=O)CN2CCN(CCc3ccccc3)CC2)c1C. The first-order chi connectivity index (χ1) is 12.6. The van der Waals surface area contributed by atoms with E-state index in [4.69, 9.17) is 0 Å². The zero-order valence-corrected chi connectivity index (χ0v) is 15.9. The molecule has 4 heteroatoms. The van der Waals surface area contributed by atoms with Gasteiger partial charge in [0.15, 0.2) is 0 Å². The van der Waals surface area contributed by atoms with Gasteiger partial charge in [-0.1, -0.05) is 42.5 Å². The second kappa shape index (κ2) is 8.97. The van der Waals surface area contributed by atoms with E-state index >= 15 is 0 Å². The Labute approximate surface area is 156 Å². The number of hydrogen-bond acceptors (Lipinski definition) is 3. The Morgan fingerprint density at radius 3 is 2.35 bits per heavy atom. The Morgan fingerprint density at radius 2 is 1.62 bits per heavy atom. The highest BCUT2D eigenvalue weighted by atomic mass is 16.2. The van der Waals surface area contributed by atoms with Crippen LogP contribution in [0, 0.1) is 13.8 Å². The Bertz CT molecular complexity index is 721. The molecule has 1 amide bonds. The van der Waals surface area contributed by atoms with Gasteiger partial charge in [-0.05, 0) is 43.0 Å². The molecule has 0 bridgehead atoms. The average molecular weight is 351 g/mol. The third-order valence-electron chi connectivity index (χ3n) is 5.27. The Hall–Kier alpha value is -2.17. The van der Waals surface area contributed by atoms with E-state index in [1.54, 1.807) is 0 Å². The van der Waals surface area contributed by atoms with Gasteiger partial charge in [-0.2, -0.15) is 0 Å². The topological polar surface area (TPSA) is 35.6 Å². The molecular weight excluding hydrogens is 322 g/mol. The van der Waals surface area contributed by atoms with Crippen molar-refractivity contribution < 1.29 is 4.79 Å². The summed E-state index contributed by atoms with van der Waals surface area (Å²) >= 11 is 0. The maximum absolute atomic E-state index is 12.4. The van der Waals surface area contributed by atoms with Gasteiger partial charge in [0.05, 0.1) is 6.54 Å². The van der Waals surface area contributed by atoms with Gasteiger partial charge in [0, 0.05) is 38.4 Å². The van der Waals surface area contributed by atoms with Gasteiger partial charge in [0.25, 0.3) is 0 Å². The fourth-order valence-corrected chi connectivity index (χ4v) is 3.38. The molecule has 138 valence electrons. The largest absolute Gasteiger partial charge is 0.325 e. The lowest BCUT2D eigenvalue weighted by Crippen LogP contribution is -2.49. The molecular formula is C22H29N3O. The molecule has 1 aliphatic rings. The standard InChI is InChI=1S/C22H29N3O/c1-18-7-6-10-21(19(18)2)23-22(26)17-25-15-13-24(14-16-25)12-11-20-8-4-3-5-9-20/h3-10H,11-17H2,1-2H3,(H,23,26). The maximum atomic E-state index is 12.4. The summed E-state index contributed by atoms with van der Waals surface area (Å²) in [6, 6.07) is 16.7. The fourth-order valence-electron chi connectivity index (χ4n) is 3.38. The minimum atomic E-state index is 0.0800. The average Bonchev–Trinajstić information content (AvgIpc) is 2.66. The number of benzene rings is 2. The summed E-state index contributed by atoms with van der Waals surface area (Å²) in [6.45, 7) is 9.65. The van der Waals surface area contributed by atoms with Crippen molar-refractivity contribution in [2.75, 3.05) is 44.6 Å². The van der Waals surface area contributed by atoms with E-state index < -0.39 is 0 Å². The van der Waals surface area contributed by atoms with Crippen molar-refractivity contribution >= 4 is 11.6 Å². The zero-order valence-electron chi connectivity index (χ0n) is 15.9. The normalized spacial score (nSPS) is 15.8. The first-order valence-electron chi connectivity index (χ1n) is 9.46. The smallest absolute Gasteiger partial charge is 0.238 e. The van der Waals surface area contributed by atoms with Crippen LogP contribution in [0.15, 0.2) is 48.5 Å². The Morgan fingerprint density at radius 1 is 0.923 bits per heavy atom. The molecule has 0 saturated carbocycles. The van der Waals surface area contributed by atoms with E-state index in [9.17, 15) is 4.79 Å². The van der Waals surface area contributed by atoms with Crippen LogP contribution in [0.4, 0.5) is 5.69 Å². The van der Waals surface area contributed by atoms with Crippen LogP contribution in [0.3, 0.4) is 0 Å². The van der Waals surface area contributed by atoms with Gasteiger partial charge < -0.3 is 10.2 Å². The number of nitrogens with one attached hydrogen (secondary N) is 1. The number of piperazine rings is 1. The molecule has 0 atom stereocenters. The van der Waals surface area contributed by atoms with Gasteiger partial charge in [0.2, 0.25) is 5.91 Å². The van der Waals surface area contributed by atoms with Crippen LogP contribution in [-0.2, 0) is 11.2 Å². The van der Waals surface area contributed by atoms with E-state index in [1.807, 2.05) is 12.1 Å². The van der Waals surface area contributed by atoms with Gasteiger partial charge >= 0.3 is 0 Å². The summed E-state index contributed by atoms with van der Waals surface area (Å²) in [5.41, 5.74) is 4.67. The van der Waals surface area contributed by atoms with Gasteiger partial charge in [-0.15, -0.1) is 0 Å². The van der Waals surface area contributed by atoms with Crippen molar-refractivity contribution in [3.05, 3.63) is 65.2 Å². The lowest BCUT2D eigenvalue weighted by Gasteiger charge is -2.34. The van der Waals surface area contributed by atoms with E-state index in [1.165, 1.54) is 11.1 Å². The highest BCUT2D eigenvalue weighted by Gasteiger charge is 2.19. The molecule has 2 aromatic rings. The fraction of sp³-hybridized carbons (Fsp3) is 0.409. The third kappa shape index (κ3) is 5.16. The van der Waals surface area contributed by atoms with Crippen molar-refractivity contribution in [1.82, 2.24) is 9.80 Å². The van der Waals surface area contributed by atoms with E-state index in [2.05, 4.69) is 65.4 Å². The van der Waals surface area contributed by atoms with E-state index in [0.717, 1.165) is 50.4 Å². The number of carbonyl (C=O) groups is 1. The van der Waals surface area contributed by atoms with Crippen molar-refractivity contribution in [3.8, 4) is 0 Å². The number of amides is 1. The summed E-state index contributed by atoms with van der Waals surface area (Å²) < 4.78 is 0. The molecule has 0 unspecified atom stereocenters. The number of rotatable bonds is 6. The summed E-state index contributed by atoms with van der Waals surface area (Å²) in [4.78, 5) is 17.1. The second-order valence-electron chi connectivity index (χ2n) is 7.15. The summed E-state index contributed by atoms with van der Waals surface area (Å²) in [5.74, 6) is 0.0800.